The highest BCUT2D eigenvalue weighted by Crippen LogP contribution is 2.43. The number of benzene rings is 1. The van der Waals surface area contributed by atoms with Crippen molar-refractivity contribution in [1.29, 1.82) is 0 Å². The Balaban J connectivity index is 2.10. The van der Waals surface area contributed by atoms with Crippen LogP contribution in [-0.2, 0) is 6.54 Å². The summed E-state index contributed by atoms with van der Waals surface area (Å²) in [7, 11) is 0. The first kappa shape index (κ1) is 8.52. The fraction of sp³-hybridized carbons (Fsp3) is 0.200. The molecule has 15 heavy (non-hydrogen) atoms. The maximum Gasteiger partial charge on any atom is 0.586 e. The zero-order chi connectivity index (χ0) is 10.5. The van der Waals surface area contributed by atoms with Gasteiger partial charge in [0.25, 0.3) is 0 Å². The minimum Gasteiger partial charge on any atom is -0.395 e. The number of alkyl halides is 2. The second kappa shape index (κ2) is 2.62. The lowest BCUT2D eigenvalue weighted by molar-refractivity contribution is -0.286. The van der Waals surface area contributed by atoms with Gasteiger partial charge in [0.05, 0.1) is 0 Å². The van der Waals surface area contributed by atoms with Crippen LogP contribution >= 0.6 is 0 Å². The molecule has 0 saturated heterocycles. The molecule has 0 amide bonds. The molecule has 1 aromatic rings. The SMILES string of the molecule is FC1(F)Oc2cc3c(cc2O1)CNC=C3. The third-order valence-corrected chi connectivity index (χ3v) is 2.34. The second-order valence-corrected chi connectivity index (χ2v) is 3.38. The predicted octanol–water partition coefficient (Wildman–Crippen LogP) is 2.08. The Labute approximate surface area is 84.3 Å². The van der Waals surface area contributed by atoms with Crippen molar-refractivity contribution in [2.24, 2.45) is 0 Å². The van der Waals surface area contributed by atoms with Gasteiger partial charge in [-0.2, -0.15) is 0 Å². The fourth-order valence-corrected chi connectivity index (χ4v) is 1.68. The van der Waals surface area contributed by atoms with Gasteiger partial charge in [-0.05, 0) is 35.5 Å². The summed E-state index contributed by atoms with van der Waals surface area (Å²) < 4.78 is 34.2. The molecule has 2 heterocycles. The first-order chi connectivity index (χ1) is 7.14. The van der Waals surface area contributed by atoms with E-state index in [2.05, 4.69) is 14.8 Å². The first-order valence-electron chi connectivity index (χ1n) is 4.47. The van der Waals surface area contributed by atoms with Crippen molar-refractivity contribution in [2.45, 2.75) is 12.8 Å². The second-order valence-electron chi connectivity index (χ2n) is 3.38. The van der Waals surface area contributed by atoms with E-state index in [1.54, 1.807) is 24.4 Å². The van der Waals surface area contributed by atoms with Gasteiger partial charge in [-0.25, -0.2) is 0 Å². The minimum absolute atomic E-state index is 0.0882. The standard InChI is InChI=1S/C10H7F2NO2/c11-10(12)14-8-3-6-1-2-13-5-7(6)4-9(8)15-10/h1-4,13H,5H2. The molecule has 3 nitrogen and oxygen atoms in total. The van der Waals surface area contributed by atoms with E-state index in [4.69, 9.17) is 0 Å². The Morgan fingerprint density at radius 1 is 1.20 bits per heavy atom. The summed E-state index contributed by atoms with van der Waals surface area (Å²) in [4.78, 5) is 0. The van der Waals surface area contributed by atoms with Crippen LogP contribution in [0.4, 0.5) is 8.78 Å². The van der Waals surface area contributed by atoms with Gasteiger partial charge in [0.15, 0.2) is 11.5 Å². The largest absolute Gasteiger partial charge is 0.586 e. The zero-order valence-corrected chi connectivity index (χ0v) is 7.59. The number of halogens is 2. The van der Waals surface area contributed by atoms with Crippen LogP contribution in [0.5, 0.6) is 11.5 Å². The van der Waals surface area contributed by atoms with E-state index >= 15 is 0 Å². The zero-order valence-electron chi connectivity index (χ0n) is 7.59. The van der Waals surface area contributed by atoms with Gasteiger partial charge in [-0.1, -0.05) is 0 Å². The molecule has 0 aromatic heterocycles. The molecule has 0 aliphatic carbocycles. The average Bonchev–Trinajstić information content (AvgIpc) is 2.46. The fourth-order valence-electron chi connectivity index (χ4n) is 1.68. The minimum atomic E-state index is -3.54. The van der Waals surface area contributed by atoms with Crippen molar-refractivity contribution >= 4 is 6.08 Å². The van der Waals surface area contributed by atoms with Crippen LogP contribution in [0.1, 0.15) is 11.1 Å². The molecule has 0 spiro atoms. The summed E-state index contributed by atoms with van der Waals surface area (Å²) in [6.45, 7) is 0.605. The number of hydrogen-bond acceptors (Lipinski definition) is 3. The van der Waals surface area contributed by atoms with Gasteiger partial charge in [0.2, 0.25) is 0 Å². The van der Waals surface area contributed by atoms with Crippen molar-refractivity contribution in [3.05, 3.63) is 29.5 Å². The Hall–Kier alpha value is -1.78. The van der Waals surface area contributed by atoms with Crippen molar-refractivity contribution in [3.63, 3.8) is 0 Å². The highest BCUT2D eigenvalue weighted by atomic mass is 19.3. The monoisotopic (exact) mass is 211 g/mol. The number of rotatable bonds is 0. The topological polar surface area (TPSA) is 30.5 Å². The molecule has 1 N–H and O–H groups in total. The van der Waals surface area contributed by atoms with E-state index in [1.165, 1.54) is 0 Å². The average molecular weight is 211 g/mol. The molecule has 2 aliphatic rings. The van der Waals surface area contributed by atoms with Gasteiger partial charge < -0.3 is 14.8 Å². The maximum absolute atomic E-state index is 12.7. The van der Waals surface area contributed by atoms with E-state index < -0.39 is 6.29 Å². The highest BCUT2D eigenvalue weighted by Gasteiger charge is 2.43. The molecule has 0 fully saturated rings. The molecule has 3 rings (SSSR count). The lowest BCUT2D eigenvalue weighted by Crippen LogP contribution is -2.25. The molecule has 1 aromatic carbocycles. The van der Waals surface area contributed by atoms with Gasteiger partial charge in [0.1, 0.15) is 0 Å². The van der Waals surface area contributed by atoms with Crippen LogP contribution in [0.15, 0.2) is 18.3 Å². The maximum atomic E-state index is 12.7. The molecule has 0 bridgehead atoms. The number of ether oxygens (including phenoxy) is 2. The number of fused-ring (bicyclic) bond motifs is 2. The Morgan fingerprint density at radius 2 is 1.93 bits per heavy atom. The lowest BCUT2D eigenvalue weighted by atomic mass is 10.0. The summed E-state index contributed by atoms with van der Waals surface area (Å²) in [6, 6.07) is 3.13. The number of hydrogen-bond donors (Lipinski definition) is 1. The van der Waals surface area contributed by atoms with Gasteiger partial charge in [-0.3, -0.25) is 0 Å². The molecule has 0 saturated carbocycles. The van der Waals surface area contributed by atoms with Gasteiger partial charge in [0, 0.05) is 6.54 Å². The highest BCUT2D eigenvalue weighted by molar-refractivity contribution is 5.62. The smallest absolute Gasteiger partial charge is 0.395 e. The van der Waals surface area contributed by atoms with Gasteiger partial charge >= 0.3 is 6.29 Å². The first-order valence-corrected chi connectivity index (χ1v) is 4.47. The van der Waals surface area contributed by atoms with Crippen molar-refractivity contribution in [1.82, 2.24) is 5.32 Å². The molecule has 5 heteroatoms. The summed E-state index contributed by atoms with van der Waals surface area (Å²) in [5.41, 5.74) is 1.78. The predicted molar refractivity (Wildman–Crippen MR) is 48.5 cm³/mol. The van der Waals surface area contributed by atoms with E-state index in [0.29, 0.717) is 6.54 Å². The normalized spacial score (nSPS) is 19.6. The summed E-state index contributed by atoms with van der Waals surface area (Å²) >= 11 is 0. The third kappa shape index (κ3) is 1.31. The lowest BCUT2D eigenvalue weighted by Gasteiger charge is -2.11. The molecule has 0 atom stereocenters. The molecular formula is C10H7F2NO2. The van der Waals surface area contributed by atoms with E-state index in [1.807, 2.05) is 0 Å². The Morgan fingerprint density at radius 3 is 2.73 bits per heavy atom. The van der Waals surface area contributed by atoms with Crippen LogP contribution in [-0.4, -0.2) is 6.29 Å². The van der Waals surface area contributed by atoms with Crippen LogP contribution < -0.4 is 14.8 Å². The van der Waals surface area contributed by atoms with Crippen molar-refractivity contribution in [2.75, 3.05) is 0 Å². The van der Waals surface area contributed by atoms with Crippen molar-refractivity contribution < 1.29 is 18.3 Å². The molecule has 0 radical (unpaired) electrons. The van der Waals surface area contributed by atoms with Crippen LogP contribution in [0, 0.1) is 0 Å². The summed E-state index contributed by atoms with van der Waals surface area (Å²) in [5.74, 6) is 0.182. The Bertz CT molecular complexity index is 457. The van der Waals surface area contributed by atoms with Crippen LogP contribution in [0.3, 0.4) is 0 Å². The molecule has 0 unspecified atom stereocenters. The van der Waals surface area contributed by atoms with Crippen LogP contribution in [0.2, 0.25) is 0 Å². The molecule has 78 valence electrons. The summed E-state index contributed by atoms with van der Waals surface area (Å²) in [6.07, 6.45) is 0.0328. The quantitative estimate of drug-likeness (QED) is 0.712. The molecule has 2 aliphatic heterocycles. The summed E-state index contributed by atoms with van der Waals surface area (Å²) in [5, 5.41) is 2.99. The Kier molecular flexibility index (Phi) is 1.49. The van der Waals surface area contributed by atoms with E-state index in [9.17, 15) is 8.78 Å². The van der Waals surface area contributed by atoms with Crippen molar-refractivity contribution in [3.8, 4) is 11.5 Å². The molecular weight excluding hydrogens is 204 g/mol. The van der Waals surface area contributed by atoms with E-state index in [0.717, 1.165) is 11.1 Å². The third-order valence-electron chi connectivity index (χ3n) is 2.34. The van der Waals surface area contributed by atoms with E-state index in [-0.39, 0.29) is 11.5 Å². The van der Waals surface area contributed by atoms with Gasteiger partial charge in [-0.15, -0.1) is 8.78 Å². The van der Waals surface area contributed by atoms with Crippen LogP contribution in [0.25, 0.3) is 6.08 Å². The number of nitrogens with one attached hydrogen (secondary N) is 1.